The van der Waals surface area contributed by atoms with Crippen molar-refractivity contribution >= 4 is 23.4 Å². The van der Waals surface area contributed by atoms with Crippen molar-refractivity contribution in [1.29, 1.82) is 0 Å². The Morgan fingerprint density at radius 1 is 1.13 bits per heavy atom. The first-order valence-corrected chi connectivity index (χ1v) is 10.2. The van der Waals surface area contributed by atoms with Gasteiger partial charge >= 0.3 is 0 Å². The summed E-state index contributed by atoms with van der Waals surface area (Å²) in [6, 6.07) is 14.1. The van der Waals surface area contributed by atoms with Gasteiger partial charge in [-0.3, -0.25) is 14.4 Å². The summed E-state index contributed by atoms with van der Waals surface area (Å²) in [4.78, 5) is 40.5. The van der Waals surface area contributed by atoms with Gasteiger partial charge in [0.25, 0.3) is 5.91 Å². The van der Waals surface area contributed by atoms with Crippen LogP contribution in [0.25, 0.3) is 0 Å². The van der Waals surface area contributed by atoms with E-state index >= 15 is 0 Å². The lowest BCUT2D eigenvalue weighted by atomic mass is 9.77. The Hall–Kier alpha value is -3.45. The maximum absolute atomic E-state index is 13.4. The van der Waals surface area contributed by atoms with E-state index in [-0.39, 0.29) is 24.3 Å². The second-order valence-electron chi connectivity index (χ2n) is 8.11. The summed E-state index contributed by atoms with van der Waals surface area (Å²) in [7, 11) is 1.56. The highest BCUT2D eigenvalue weighted by Crippen LogP contribution is 2.52. The third-order valence-corrected chi connectivity index (χ3v) is 6.39. The number of rotatable bonds is 5. The highest BCUT2D eigenvalue weighted by molar-refractivity contribution is 6.23. The quantitative estimate of drug-likeness (QED) is 0.595. The fourth-order valence-electron chi connectivity index (χ4n) is 4.82. The molecule has 2 saturated heterocycles. The van der Waals surface area contributed by atoms with Crippen LogP contribution in [-0.2, 0) is 14.3 Å². The summed E-state index contributed by atoms with van der Waals surface area (Å²) in [5, 5.41) is 2.87. The van der Waals surface area contributed by atoms with Gasteiger partial charge in [0.15, 0.2) is 0 Å². The summed E-state index contributed by atoms with van der Waals surface area (Å²) in [5.74, 6) is -1.39. The zero-order valence-electron chi connectivity index (χ0n) is 17.2. The van der Waals surface area contributed by atoms with E-state index in [1.165, 1.54) is 4.90 Å². The standard InChI is InChI=1S/C24H22N2O5/c1-14-5-3-4-6-17(14)26-22(28)19-18-11-12-24(31-18,20(19)23(26)29)13-25-21(27)15-7-9-16(30-2)10-8-15/h3-12,18-20H,13H2,1-2H3,(H,25,27)/t18-,19+,20-,24-/m0/s1. The first kappa shape index (κ1) is 19.5. The van der Waals surface area contributed by atoms with Gasteiger partial charge in [-0.25, -0.2) is 4.90 Å². The number of carbonyl (C=O) groups is 3. The highest BCUT2D eigenvalue weighted by atomic mass is 16.5. The molecule has 3 aliphatic heterocycles. The van der Waals surface area contributed by atoms with Gasteiger partial charge in [-0.15, -0.1) is 0 Å². The van der Waals surface area contributed by atoms with Crippen LogP contribution in [0.3, 0.4) is 0 Å². The van der Waals surface area contributed by atoms with Crippen molar-refractivity contribution in [2.24, 2.45) is 11.8 Å². The molecule has 0 unspecified atom stereocenters. The number of imide groups is 1. The fraction of sp³-hybridized carbons (Fsp3) is 0.292. The van der Waals surface area contributed by atoms with Gasteiger partial charge in [0.2, 0.25) is 11.8 Å². The van der Waals surface area contributed by atoms with Crippen molar-refractivity contribution < 1.29 is 23.9 Å². The summed E-state index contributed by atoms with van der Waals surface area (Å²) >= 11 is 0. The SMILES string of the molecule is COc1ccc(C(=O)NC[C@]23C=C[C@H](O2)[C@H]2C(=O)N(c4ccccc4C)C(=O)[C@H]23)cc1. The Morgan fingerprint density at radius 2 is 1.87 bits per heavy atom. The Kier molecular flexibility index (Phi) is 4.44. The van der Waals surface area contributed by atoms with Crippen molar-refractivity contribution in [1.82, 2.24) is 5.32 Å². The molecular weight excluding hydrogens is 396 g/mol. The second kappa shape index (κ2) is 7.06. The molecule has 158 valence electrons. The minimum atomic E-state index is -1.03. The van der Waals surface area contributed by atoms with E-state index in [0.717, 1.165) is 5.56 Å². The third-order valence-electron chi connectivity index (χ3n) is 6.39. The van der Waals surface area contributed by atoms with Gasteiger partial charge in [-0.1, -0.05) is 30.4 Å². The molecule has 2 aromatic carbocycles. The molecule has 3 heterocycles. The molecule has 4 atom stereocenters. The Labute approximate surface area is 179 Å². The van der Waals surface area contributed by atoms with Gasteiger partial charge in [0.1, 0.15) is 11.4 Å². The molecular formula is C24H22N2O5. The van der Waals surface area contributed by atoms with Crippen molar-refractivity contribution in [2.75, 3.05) is 18.6 Å². The van der Waals surface area contributed by atoms with Crippen LogP contribution in [-0.4, -0.2) is 43.1 Å². The van der Waals surface area contributed by atoms with Gasteiger partial charge in [-0.05, 0) is 42.8 Å². The van der Waals surface area contributed by atoms with Crippen molar-refractivity contribution in [3.63, 3.8) is 0 Å². The predicted molar refractivity (Wildman–Crippen MR) is 113 cm³/mol. The first-order chi connectivity index (χ1) is 14.9. The van der Waals surface area contributed by atoms with Gasteiger partial charge < -0.3 is 14.8 Å². The number of amides is 3. The van der Waals surface area contributed by atoms with E-state index in [9.17, 15) is 14.4 Å². The lowest BCUT2D eigenvalue weighted by Crippen LogP contribution is -2.48. The van der Waals surface area contributed by atoms with Crippen LogP contribution in [0, 0.1) is 18.8 Å². The number of aryl methyl sites for hydroxylation is 1. The molecule has 3 aliphatic rings. The summed E-state index contributed by atoms with van der Waals surface area (Å²) < 4.78 is 11.2. The van der Waals surface area contributed by atoms with E-state index in [0.29, 0.717) is 17.0 Å². The number of anilines is 1. The zero-order valence-corrected chi connectivity index (χ0v) is 17.2. The van der Waals surface area contributed by atoms with Crippen molar-refractivity contribution in [3.05, 3.63) is 71.8 Å². The Bertz CT molecular complexity index is 1110. The molecule has 2 fully saturated rings. The van der Waals surface area contributed by atoms with Crippen LogP contribution in [0.15, 0.2) is 60.7 Å². The third kappa shape index (κ3) is 2.88. The lowest BCUT2D eigenvalue weighted by Gasteiger charge is -2.29. The van der Waals surface area contributed by atoms with E-state index in [1.807, 2.05) is 37.3 Å². The summed E-state index contributed by atoms with van der Waals surface area (Å²) in [5.41, 5.74) is 0.901. The largest absolute Gasteiger partial charge is 0.497 e. The van der Waals surface area contributed by atoms with Crippen LogP contribution < -0.4 is 15.0 Å². The normalized spacial score (nSPS) is 28.2. The molecule has 0 aliphatic carbocycles. The number of hydrogen-bond donors (Lipinski definition) is 1. The molecule has 3 amide bonds. The average molecular weight is 418 g/mol. The fourth-order valence-corrected chi connectivity index (χ4v) is 4.82. The van der Waals surface area contributed by atoms with Crippen molar-refractivity contribution in [3.8, 4) is 5.75 Å². The van der Waals surface area contributed by atoms with Crippen LogP contribution in [0.5, 0.6) is 5.75 Å². The van der Waals surface area contributed by atoms with Crippen LogP contribution in [0.4, 0.5) is 5.69 Å². The molecule has 5 rings (SSSR count). The van der Waals surface area contributed by atoms with Crippen LogP contribution >= 0.6 is 0 Å². The molecule has 0 aromatic heterocycles. The minimum Gasteiger partial charge on any atom is -0.497 e. The monoisotopic (exact) mass is 418 g/mol. The Balaban J connectivity index is 1.38. The molecule has 31 heavy (non-hydrogen) atoms. The first-order valence-electron chi connectivity index (χ1n) is 10.2. The Morgan fingerprint density at radius 3 is 2.58 bits per heavy atom. The van der Waals surface area contributed by atoms with Crippen molar-refractivity contribution in [2.45, 2.75) is 18.6 Å². The lowest BCUT2D eigenvalue weighted by molar-refractivity contribution is -0.126. The van der Waals surface area contributed by atoms with Gasteiger partial charge in [0.05, 0.1) is 37.3 Å². The summed E-state index contributed by atoms with van der Waals surface area (Å²) in [6.45, 7) is 1.98. The molecule has 0 spiro atoms. The number of nitrogens with one attached hydrogen (secondary N) is 1. The minimum absolute atomic E-state index is 0.104. The van der Waals surface area contributed by atoms with Crippen LogP contribution in [0.1, 0.15) is 15.9 Å². The van der Waals surface area contributed by atoms with Gasteiger partial charge in [-0.2, -0.15) is 0 Å². The topological polar surface area (TPSA) is 84.9 Å². The number of fused-ring (bicyclic) bond motifs is 5. The van der Waals surface area contributed by atoms with E-state index in [2.05, 4.69) is 5.32 Å². The molecule has 0 saturated carbocycles. The number of methoxy groups -OCH3 is 1. The molecule has 7 nitrogen and oxygen atoms in total. The number of carbonyl (C=O) groups excluding carboxylic acids is 3. The predicted octanol–water partition coefficient (Wildman–Crippen LogP) is 2.25. The molecule has 1 N–H and O–H groups in total. The smallest absolute Gasteiger partial charge is 0.251 e. The number of para-hydroxylation sites is 1. The summed E-state index contributed by atoms with van der Waals surface area (Å²) in [6.07, 6.45) is 3.18. The molecule has 7 heteroatoms. The number of nitrogens with zero attached hydrogens (tertiary/aromatic N) is 1. The van der Waals surface area contributed by atoms with E-state index in [1.54, 1.807) is 37.4 Å². The molecule has 2 bridgehead atoms. The maximum Gasteiger partial charge on any atom is 0.251 e. The molecule has 0 radical (unpaired) electrons. The zero-order chi connectivity index (χ0) is 21.8. The van der Waals surface area contributed by atoms with Gasteiger partial charge in [0, 0.05) is 5.56 Å². The molecule has 2 aromatic rings. The maximum atomic E-state index is 13.4. The second-order valence-corrected chi connectivity index (χ2v) is 8.11. The number of hydrogen-bond acceptors (Lipinski definition) is 5. The van der Waals surface area contributed by atoms with Crippen LogP contribution in [0.2, 0.25) is 0 Å². The highest BCUT2D eigenvalue weighted by Gasteiger charge is 2.67. The van der Waals surface area contributed by atoms with E-state index < -0.39 is 23.5 Å². The average Bonchev–Trinajstić information content (AvgIpc) is 3.43. The number of benzene rings is 2. The number of ether oxygens (including phenoxy) is 2. The van der Waals surface area contributed by atoms with E-state index in [4.69, 9.17) is 9.47 Å².